The fraction of sp³-hybridized carbons (Fsp3) is 0.333. The van der Waals surface area contributed by atoms with Crippen LogP contribution in [0.25, 0.3) is 0 Å². The van der Waals surface area contributed by atoms with Crippen LogP contribution >= 0.6 is 0 Å². The first-order valence-electron chi connectivity index (χ1n) is 7.38. The van der Waals surface area contributed by atoms with Crippen molar-refractivity contribution in [3.63, 3.8) is 0 Å². The van der Waals surface area contributed by atoms with Crippen molar-refractivity contribution in [3.8, 4) is 0 Å². The second-order valence-electron chi connectivity index (χ2n) is 5.76. The second-order valence-corrected chi connectivity index (χ2v) is 5.76. The van der Waals surface area contributed by atoms with Crippen LogP contribution in [0, 0.1) is 18.6 Å². The highest BCUT2D eigenvalue weighted by Gasteiger charge is 2.30. The van der Waals surface area contributed by atoms with E-state index in [1.165, 1.54) is 17.2 Å². The highest BCUT2D eigenvalue weighted by atomic mass is 19.2. The first kappa shape index (κ1) is 14.2. The monoisotopic (exact) mass is 287 g/mol. The standard InChI is InChI=1S/C18H19F2N/c1-12-5-7-13(8-6-12)16-11-21-10-9-14(16)15-3-2-4-17(19)18(15)20/h2-8,14,16,21H,9-11H2,1H3. The third-order valence-electron chi connectivity index (χ3n) is 4.37. The van der Waals surface area contributed by atoms with E-state index in [0.29, 0.717) is 5.56 Å². The number of hydrogen-bond donors (Lipinski definition) is 1. The summed E-state index contributed by atoms with van der Waals surface area (Å²) in [6, 6.07) is 12.8. The lowest BCUT2D eigenvalue weighted by atomic mass is 9.77. The fourth-order valence-corrected chi connectivity index (χ4v) is 3.20. The van der Waals surface area contributed by atoms with Gasteiger partial charge < -0.3 is 5.32 Å². The van der Waals surface area contributed by atoms with E-state index < -0.39 is 11.6 Å². The Balaban J connectivity index is 1.98. The van der Waals surface area contributed by atoms with Crippen LogP contribution < -0.4 is 5.32 Å². The molecule has 0 saturated carbocycles. The first-order chi connectivity index (χ1) is 10.2. The molecule has 1 saturated heterocycles. The topological polar surface area (TPSA) is 12.0 Å². The van der Waals surface area contributed by atoms with Crippen molar-refractivity contribution in [1.29, 1.82) is 0 Å². The van der Waals surface area contributed by atoms with Gasteiger partial charge in [0, 0.05) is 12.5 Å². The summed E-state index contributed by atoms with van der Waals surface area (Å²) in [5.74, 6) is -1.25. The van der Waals surface area contributed by atoms with E-state index in [0.717, 1.165) is 19.5 Å². The van der Waals surface area contributed by atoms with E-state index in [9.17, 15) is 8.78 Å². The molecule has 0 aliphatic carbocycles. The van der Waals surface area contributed by atoms with E-state index >= 15 is 0 Å². The number of halogens is 2. The zero-order chi connectivity index (χ0) is 14.8. The van der Waals surface area contributed by atoms with Gasteiger partial charge in [-0.3, -0.25) is 0 Å². The minimum absolute atomic E-state index is 0.0182. The Kier molecular flexibility index (Phi) is 4.02. The predicted molar refractivity (Wildman–Crippen MR) is 80.5 cm³/mol. The highest BCUT2D eigenvalue weighted by molar-refractivity contribution is 5.32. The van der Waals surface area contributed by atoms with Crippen molar-refractivity contribution >= 4 is 0 Å². The van der Waals surface area contributed by atoms with Crippen LogP contribution in [0.3, 0.4) is 0 Å². The summed E-state index contributed by atoms with van der Waals surface area (Å²) in [6.45, 7) is 3.68. The van der Waals surface area contributed by atoms with Crippen molar-refractivity contribution in [2.24, 2.45) is 0 Å². The van der Waals surface area contributed by atoms with Crippen LogP contribution in [0.2, 0.25) is 0 Å². The smallest absolute Gasteiger partial charge is 0.162 e. The van der Waals surface area contributed by atoms with Crippen LogP contribution in [0.15, 0.2) is 42.5 Å². The van der Waals surface area contributed by atoms with Crippen molar-refractivity contribution in [2.75, 3.05) is 13.1 Å². The van der Waals surface area contributed by atoms with E-state index in [1.54, 1.807) is 12.1 Å². The Morgan fingerprint density at radius 3 is 2.52 bits per heavy atom. The van der Waals surface area contributed by atoms with Crippen LogP contribution in [-0.2, 0) is 0 Å². The van der Waals surface area contributed by atoms with E-state index in [4.69, 9.17) is 0 Å². The summed E-state index contributed by atoms with van der Waals surface area (Å²) < 4.78 is 27.7. The molecule has 21 heavy (non-hydrogen) atoms. The minimum atomic E-state index is -0.756. The Morgan fingerprint density at radius 1 is 1.00 bits per heavy atom. The summed E-state index contributed by atoms with van der Waals surface area (Å²) in [5.41, 5.74) is 2.89. The van der Waals surface area contributed by atoms with Crippen LogP contribution in [0.1, 0.15) is 34.9 Å². The fourth-order valence-electron chi connectivity index (χ4n) is 3.20. The maximum Gasteiger partial charge on any atom is 0.162 e. The quantitative estimate of drug-likeness (QED) is 0.875. The third kappa shape index (κ3) is 2.84. The molecule has 2 atom stereocenters. The number of hydrogen-bond acceptors (Lipinski definition) is 1. The molecule has 3 heteroatoms. The van der Waals surface area contributed by atoms with Crippen LogP contribution in [-0.4, -0.2) is 13.1 Å². The molecule has 3 rings (SSSR count). The van der Waals surface area contributed by atoms with Gasteiger partial charge in [-0.1, -0.05) is 42.0 Å². The zero-order valence-electron chi connectivity index (χ0n) is 12.1. The van der Waals surface area contributed by atoms with Gasteiger partial charge in [0.15, 0.2) is 11.6 Å². The predicted octanol–water partition coefficient (Wildman–Crippen LogP) is 4.13. The maximum atomic E-state index is 14.1. The van der Waals surface area contributed by atoms with Gasteiger partial charge in [0.2, 0.25) is 0 Å². The number of nitrogens with one attached hydrogen (secondary N) is 1. The summed E-state index contributed by atoms with van der Waals surface area (Å²) >= 11 is 0. The zero-order valence-corrected chi connectivity index (χ0v) is 12.1. The van der Waals surface area contributed by atoms with Gasteiger partial charge in [-0.25, -0.2) is 8.78 Å². The van der Waals surface area contributed by atoms with Gasteiger partial charge >= 0.3 is 0 Å². The van der Waals surface area contributed by atoms with E-state index in [1.807, 2.05) is 6.92 Å². The Labute approximate surface area is 124 Å². The van der Waals surface area contributed by atoms with Crippen LogP contribution in [0.5, 0.6) is 0 Å². The molecule has 0 aromatic heterocycles. The average Bonchev–Trinajstić information content (AvgIpc) is 2.51. The lowest BCUT2D eigenvalue weighted by Gasteiger charge is -2.33. The largest absolute Gasteiger partial charge is 0.316 e. The molecule has 1 fully saturated rings. The van der Waals surface area contributed by atoms with Gasteiger partial charge in [0.25, 0.3) is 0 Å². The third-order valence-corrected chi connectivity index (χ3v) is 4.37. The molecular weight excluding hydrogens is 268 g/mol. The molecule has 2 unspecified atom stereocenters. The van der Waals surface area contributed by atoms with Crippen molar-refractivity contribution in [3.05, 3.63) is 70.8 Å². The molecule has 110 valence electrons. The molecule has 2 aromatic rings. The van der Waals surface area contributed by atoms with Gasteiger partial charge in [-0.2, -0.15) is 0 Å². The lowest BCUT2D eigenvalue weighted by molar-refractivity contribution is 0.386. The van der Waals surface area contributed by atoms with Gasteiger partial charge in [0.1, 0.15) is 0 Å². The molecule has 1 aliphatic heterocycles. The number of piperidine rings is 1. The second kappa shape index (κ2) is 5.94. The first-order valence-corrected chi connectivity index (χ1v) is 7.38. The lowest BCUT2D eigenvalue weighted by Crippen LogP contribution is -2.34. The molecule has 0 bridgehead atoms. The molecule has 1 nitrogen and oxygen atoms in total. The van der Waals surface area contributed by atoms with Crippen molar-refractivity contribution in [2.45, 2.75) is 25.2 Å². The van der Waals surface area contributed by atoms with Crippen molar-refractivity contribution in [1.82, 2.24) is 5.32 Å². The van der Waals surface area contributed by atoms with Crippen molar-refractivity contribution < 1.29 is 8.78 Å². The number of benzene rings is 2. The molecule has 0 spiro atoms. The number of aryl methyl sites for hydroxylation is 1. The number of rotatable bonds is 2. The normalized spacial score (nSPS) is 22.2. The average molecular weight is 287 g/mol. The molecule has 2 aromatic carbocycles. The minimum Gasteiger partial charge on any atom is -0.316 e. The molecule has 1 N–H and O–H groups in total. The van der Waals surface area contributed by atoms with Gasteiger partial charge in [-0.05, 0) is 43.0 Å². The molecular formula is C18H19F2N. The summed E-state index contributed by atoms with van der Waals surface area (Å²) in [5, 5.41) is 3.37. The van der Waals surface area contributed by atoms with Gasteiger partial charge in [-0.15, -0.1) is 0 Å². The molecule has 0 amide bonds. The van der Waals surface area contributed by atoms with Crippen LogP contribution in [0.4, 0.5) is 8.78 Å². The highest BCUT2D eigenvalue weighted by Crippen LogP contribution is 2.38. The molecule has 1 aliphatic rings. The summed E-state index contributed by atoms with van der Waals surface area (Å²) in [4.78, 5) is 0. The van der Waals surface area contributed by atoms with E-state index in [-0.39, 0.29) is 11.8 Å². The van der Waals surface area contributed by atoms with Gasteiger partial charge in [0.05, 0.1) is 0 Å². The summed E-state index contributed by atoms with van der Waals surface area (Å²) in [6.07, 6.45) is 0.818. The Morgan fingerprint density at radius 2 is 1.76 bits per heavy atom. The SMILES string of the molecule is Cc1ccc(C2CNCCC2c2cccc(F)c2F)cc1. The summed E-state index contributed by atoms with van der Waals surface area (Å²) in [7, 11) is 0. The van der Waals surface area contributed by atoms with E-state index in [2.05, 4.69) is 29.6 Å². The molecule has 0 radical (unpaired) electrons. The maximum absolute atomic E-state index is 14.1. The Hall–Kier alpha value is -1.74. The Bertz CT molecular complexity index is 622. The molecule has 1 heterocycles.